The van der Waals surface area contributed by atoms with Crippen LogP contribution < -0.4 is 0 Å². The van der Waals surface area contributed by atoms with Crippen molar-refractivity contribution in [2.45, 2.75) is 57.7 Å². The van der Waals surface area contributed by atoms with E-state index in [4.69, 9.17) is 0 Å². The Kier molecular flexibility index (Phi) is 3.92. The molecular formula is C15H29N3. The number of hydrogen-bond donors (Lipinski definition) is 0. The van der Waals surface area contributed by atoms with E-state index in [1.54, 1.807) is 0 Å². The third-order valence-electron chi connectivity index (χ3n) is 5.33. The van der Waals surface area contributed by atoms with Gasteiger partial charge in [-0.15, -0.1) is 0 Å². The van der Waals surface area contributed by atoms with E-state index in [0.29, 0.717) is 0 Å². The Bertz CT molecular complexity index is 259. The summed E-state index contributed by atoms with van der Waals surface area (Å²) in [6.45, 7) is 12.5. The Morgan fingerprint density at radius 3 is 1.94 bits per heavy atom. The van der Waals surface area contributed by atoms with Crippen molar-refractivity contribution in [1.29, 1.82) is 0 Å². The maximum absolute atomic E-state index is 2.74. The summed E-state index contributed by atoms with van der Waals surface area (Å²) >= 11 is 0. The molecule has 2 aliphatic heterocycles. The SMILES string of the molecule is CC(C)N1CCN(C2CN(C3CCCC3)C2)CC1. The molecule has 3 aliphatic rings. The van der Waals surface area contributed by atoms with Crippen molar-refractivity contribution in [2.75, 3.05) is 39.3 Å². The second kappa shape index (κ2) is 5.48. The van der Waals surface area contributed by atoms with Crippen molar-refractivity contribution >= 4 is 0 Å². The van der Waals surface area contributed by atoms with Crippen LogP contribution in [0.2, 0.25) is 0 Å². The summed E-state index contributed by atoms with van der Waals surface area (Å²) in [4.78, 5) is 8.10. The molecule has 0 aromatic carbocycles. The highest BCUT2D eigenvalue weighted by molar-refractivity contribution is 4.94. The van der Waals surface area contributed by atoms with Gasteiger partial charge in [-0.2, -0.15) is 0 Å². The lowest BCUT2D eigenvalue weighted by atomic mass is 10.0. The van der Waals surface area contributed by atoms with Gasteiger partial charge < -0.3 is 0 Å². The zero-order valence-corrected chi connectivity index (χ0v) is 12.1. The first-order valence-corrected chi connectivity index (χ1v) is 7.96. The van der Waals surface area contributed by atoms with Crippen LogP contribution in [0.25, 0.3) is 0 Å². The van der Waals surface area contributed by atoms with Gasteiger partial charge in [0.1, 0.15) is 0 Å². The summed E-state index contributed by atoms with van der Waals surface area (Å²) in [7, 11) is 0. The van der Waals surface area contributed by atoms with Crippen molar-refractivity contribution in [3.05, 3.63) is 0 Å². The first-order chi connectivity index (χ1) is 8.74. The lowest BCUT2D eigenvalue weighted by Gasteiger charge is -2.50. The summed E-state index contributed by atoms with van der Waals surface area (Å²) < 4.78 is 0. The standard InChI is InChI=1S/C15H29N3/c1-13(2)16-7-9-17(10-8-16)15-11-18(12-15)14-5-3-4-6-14/h13-15H,3-12H2,1-2H3. The molecule has 3 heteroatoms. The zero-order chi connectivity index (χ0) is 12.5. The molecule has 0 atom stereocenters. The normalized spacial score (nSPS) is 30.2. The molecule has 2 saturated heterocycles. The molecular weight excluding hydrogens is 222 g/mol. The highest BCUT2D eigenvalue weighted by atomic mass is 15.4. The lowest BCUT2D eigenvalue weighted by molar-refractivity contribution is -0.0191. The van der Waals surface area contributed by atoms with E-state index in [2.05, 4.69) is 28.5 Å². The molecule has 3 rings (SSSR count). The molecule has 0 spiro atoms. The molecule has 3 fully saturated rings. The van der Waals surface area contributed by atoms with Gasteiger partial charge in [0.2, 0.25) is 0 Å². The van der Waals surface area contributed by atoms with E-state index in [0.717, 1.165) is 18.1 Å². The maximum atomic E-state index is 2.74. The van der Waals surface area contributed by atoms with Crippen molar-refractivity contribution in [3.8, 4) is 0 Å². The predicted molar refractivity (Wildman–Crippen MR) is 75.9 cm³/mol. The number of nitrogens with zero attached hydrogens (tertiary/aromatic N) is 3. The molecule has 0 amide bonds. The van der Waals surface area contributed by atoms with Crippen molar-refractivity contribution < 1.29 is 0 Å². The average Bonchev–Trinajstić information content (AvgIpc) is 2.81. The van der Waals surface area contributed by atoms with Crippen LogP contribution in [-0.2, 0) is 0 Å². The topological polar surface area (TPSA) is 9.72 Å². The molecule has 0 aromatic rings. The largest absolute Gasteiger partial charge is 0.298 e. The van der Waals surface area contributed by atoms with Crippen LogP contribution in [0.5, 0.6) is 0 Å². The van der Waals surface area contributed by atoms with Crippen LogP contribution in [-0.4, -0.2) is 72.1 Å². The van der Waals surface area contributed by atoms with Crippen LogP contribution in [0.15, 0.2) is 0 Å². The fourth-order valence-corrected chi connectivity index (χ4v) is 3.91. The van der Waals surface area contributed by atoms with E-state index < -0.39 is 0 Å². The third-order valence-corrected chi connectivity index (χ3v) is 5.33. The average molecular weight is 251 g/mol. The Hall–Kier alpha value is -0.120. The summed E-state index contributed by atoms with van der Waals surface area (Å²) in [6.07, 6.45) is 5.87. The van der Waals surface area contributed by atoms with Crippen LogP contribution in [0.3, 0.4) is 0 Å². The Balaban J connectivity index is 1.40. The fourth-order valence-electron chi connectivity index (χ4n) is 3.91. The second-order valence-electron chi connectivity index (χ2n) is 6.71. The van der Waals surface area contributed by atoms with E-state index in [-0.39, 0.29) is 0 Å². The van der Waals surface area contributed by atoms with E-state index in [1.807, 2.05) is 0 Å². The first kappa shape index (κ1) is 12.9. The van der Waals surface area contributed by atoms with Crippen molar-refractivity contribution in [1.82, 2.24) is 14.7 Å². The summed E-state index contributed by atoms with van der Waals surface area (Å²) in [5, 5.41) is 0. The third kappa shape index (κ3) is 2.59. The molecule has 0 radical (unpaired) electrons. The Morgan fingerprint density at radius 1 is 0.778 bits per heavy atom. The zero-order valence-electron chi connectivity index (χ0n) is 12.1. The molecule has 3 nitrogen and oxygen atoms in total. The summed E-state index contributed by atoms with van der Waals surface area (Å²) in [5.41, 5.74) is 0. The van der Waals surface area contributed by atoms with Gasteiger partial charge in [-0.1, -0.05) is 12.8 Å². The molecule has 18 heavy (non-hydrogen) atoms. The Labute approximate surface area is 112 Å². The van der Waals surface area contributed by atoms with Crippen LogP contribution in [0.1, 0.15) is 39.5 Å². The number of hydrogen-bond acceptors (Lipinski definition) is 3. The fraction of sp³-hybridized carbons (Fsp3) is 1.00. The van der Waals surface area contributed by atoms with Gasteiger partial charge in [-0.25, -0.2) is 0 Å². The monoisotopic (exact) mass is 251 g/mol. The van der Waals surface area contributed by atoms with Gasteiger partial charge in [0.25, 0.3) is 0 Å². The summed E-state index contributed by atoms with van der Waals surface area (Å²) in [6, 6.07) is 2.54. The minimum absolute atomic E-state index is 0.725. The van der Waals surface area contributed by atoms with Crippen molar-refractivity contribution in [3.63, 3.8) is 0 Å². The number of rotatable bonds is 3. The quantitative estimate of drug-likeness (QED) is 0.755. The minimum atomic E-state index is 0.725. The maximum Gasteiger partial charge on any atom is 0.0351 e. The highest BCUT2D eigenvalue weighted by Gasteiger charge is 2.37. The molecule has 104 valence electrons. The number of piperazine rings is 1. The van der Waals surface area contributed by atoms with Gasteiger partial charge in [-0.05, 0) is 26.7 Å². The summed E-state index contributed by atoms with van der Waals surface area (Å²) in [5.74, 6) is 0. The van der Waals surface area contributed by atoms with Gasteiger partial charge in [0, 0.05) is 57.4 Å². The van der Waals surface area contributed by atoms with E-state index >= 15 is 0 Å². The van der Waals surface area contributed by atoms with Gasteiger partial charge in [0.15, 0.2) is 0 Å². The van der Waals surface area contributed by atoms with Crippen LogP contribution in [0.4, 0.5) is 0 Å². The van der Waals surface area contributed by atoms with Gasteiger partial charge in [0.05, 0.1) is 0 Å². The molecule has 1 aliphatic carbocycles. The molecule has 0 aromatic heterocycles. The van der Waals surface area contributed by atoms with Crippen LogP contribution in [0, 0.1) is 0 Å². The number of likely N-dealkylation sites (tertiary alicyclic amines) is 1. The smallest absolute Gasteiger partial charge is 0.0351 e. The van der Waals surface area contributed by atoms with Crippen LogP contribution >= 0.6 is 0 Å². The van der Waals surface area contributed by atoms with E-state index in [9.17, 15) is 0 Å². The lowest BCUT2D eigenvalue weighted by Crippen LogP contribution is -2.65. The van der Waals surface area contributed by atoms with Crippen molar-refractivity contribution in [2.24, 2.45) is 0 Å². The second-order valence-corrected chi connectivity index (χ2v) is 6.71. The molecule has 1 saturated carbocycles. The first-order valence-electron chi connectivity index (χ1n) is 7.96. The molecule has 0 N–H and O–H groups in total. The van der Waals surface area contributed by atoms with Gasteiger partial charge in [-0.3, -0.25) is 14.7 Å². The predicted octanol–water partition coefficient (Wildman–Crippen LogP) is 1.64. The van der Waals surface area contributed by atoms with E-state index in [1.165, 1.54) is 65.0 Å². The Morgan fingerprint density at radius 2 is 1.39 bits per heavy atom. The molecule has 2 heterocycles. The highest BCUT2D eigenvalue weighted by Crippen LogP contribution is 2.29. The minimum Gasteiger partial charge on any atom is -0.298 e. The molecule has 0 bridgehead atoms. The molecule has 0 unspecified atom stereocenters. The van der Waals surface area contributed by atoms with Gasteiger partial charge >= 0.3 is 0 Å².